The van der Waals surface area contributed by atoms with E-state index in [9.17, 15) is 22.8 Å². The van der Waals surface area contributed by atoms with E-state index >= 15 is 0 Å². The number of H-pyrrole nitrogens is 2. The zero-order valence-corrected chi connectivity index (χ0v) is 15.3. The number of halogens is 4. The molecule has 1 aliphatic rings. The van der Waals surface area contributed by atoms with E-state index in [-0.39, 0.29) is 16.8 Å². The van der Waals surface area contributed by atoms with E-state index in [4.69, 9.17) is 11.6 Å². The second-order valence-electron chi connectivity index (χ2n) is 6.37. The molecule has 0 aromatic carbocycles. The number of pyridine rings is 1. The SMILES string of the molecule is O=C(NNC(=O)C1CCN(c2[nH+]cc(C(F)(F)F)cc2Cl)CC1)c1ccc[nH]1. The number of nitrogens with zero attached hydrogens (tertiary/aromatic N) is 1. The lowest BCUT2D eigenvalue weighted by Crippen LogP contribution is -2.48. The van der Waals surface area contributed by atoms with Crippen LogP contribution in [0.4, 0.5) is 19.0 Å². The number of amides is 2. The van der Waals surface area contributed by atoms with Crippen molar-refractivity contribution < 1.29 is 27.7 Å². The lowest BCUT2D eigenvalue weighted by Gasteiger charge is -2.27. The highest BCUT2D eigenvalue weighted by Gasteiger charge is 2.35. The number of hydrogen-bond donors (Lipinski definition) is 3. The highest BCUT2D eigenvalue weighted by atomic mass is 35.5. The number of carbonyl (C=O) groups excluding carboxylic acids is 2. The van der Waals surface area contributed by atoms with Crippen molar-refractivity contribution in [2.24, 2.45) is 5.92 Å². The van der Waals surface area contributed by atoms with Crippen LogP contribution in [0.25, 0.3) is 0 Å². The Labute approximate surface area is 163 Å². The summed E-state index contributed by atoms with van der Waals surface area (Å²) in [6.45, 7) is 0.870. The number of rotatable bonds is 3. The fraction of sp³-hybridized carbons (Fsp3) is 0.353. The molecule has 1 fully saturated rings. The number of anilines is 1. The Morgan fingerprint density at radius 1 is 1.25 bits per heavy atom. The van der Waals surface area contributed by atoms with Crippen molar-refractivity contribution in [1.82, 2.24) is 15.8 Å². The van der Waals surface area contributed by atoms with Crippen LogP contribution in [0, 0.1) is 5.92 Å². The number of aromatic nitrogens is 2. The molecule has 2 aromatic heterocycles. The maximum atomic E-state index is 12.7. The van der Waals surface area contributed by atoms with Crippen LogP contribution in [-0.2, 0) is 11.0 Å². The molecule has 0 saturated carbocycles. The van der Waals surface area contributed by atoms with Crippen LogP contribution < -0.4 is 20.7 Å². The van der Waals surface area contributed by atoms with Gasteiger partial charge in [-0.2, -0.15) is 13.2 Å². The molecule has 28 heavy (non-hydrogen) atoms. The van der Waals surface area contributed by atoms with Gasteiger partial charge in [-0.15, -0.1) is 0 Å². The molecule has 2 aromatic rings. The highest BCUT2D eigenvalue weighted by molar-refractivity contribution is 6.32. The summed E-state index contributed by atoms with van der Waals surface area (Å²) in [7, 11) is 0. The Bertz CT molecular complexity index is 849. The van der Waals surface area contributed by atoms with Gasteiger partial charge in [0, 0.05) is 12.1 Å². The number of piperidine rings is 1. The van der Waals surface area contributed by atoms with Crippen molar-refractivity contribution >= 4 is 29.2 Å². The van der Waals surface area contributed by atoms with E-state index in [2.05, 4.69) is 20.8 Å². The normalized spacial score (nSPS) is 15.4. The van der Waals surface area contributed by atoms with Crippen LogP contribution in [0.1, 0.15) is 28.9 Å². The third-order valence-electron chi connectivity index (χ3n) is 4.52. The molecule has 0 atom stereocenters. The van der Waals surface area contributed by atoms with Crippen molar-refractivity contribution in [1.29, 1.82) is 0 Å². The van der Waals surface area contributed by atoms with E-state index < -0.39 is 17.6 Å². The smallest absolute Gasteiger partial charge is 0.357 e. The largest absolute Gasteiger partial charge is 0.419 e. The summed E-state index contributed by atoms with van der Waals surface area (Å²) in [4.78, 5) is 31.1. The van der Waals surface area contributed by atoms with Gasteiger partial charge in [-0.05, 0) is 31.0 Å². The minimum Gasteiger partial charge on any atom is -0.357 e. The lowest BCUT2D eigenvalue weighted by atomic mass is 9.96. The quantitative estimate of drug-likeness (QED) is 0.670. The van der Waals surface area contributed by atoms with E-state index in [1.54, 1.807) is 23.2 Å². The average Bonchev–Trinajstić information content (AvgIpc) is 3.20. The van der Waals surface area contributed by atoms with Gasteiger partial charge in [0.25, 0.3) is 11.7 Å². The molecule has 1 saturated heterocycles. The van der Waals surface area contributed by atoms with E-state index in [0.717, 1.165) is 12.3 Å². The predicted molar refractivity (Wildman–Crippen MR) is 94.3 cm³/mol. The van der Waals surface area contributed by atoms with Crippen molar-refractivity contribution in [3.8, 4) is 0 Å². The van der Waals surface area contributed by atoms with Gasteiger partial charge in [-0.25, -0.2) is 4.98 Å². The second-order valence-corrected chi connectivity index (χ2v) is 6.78. The molecule has 11 heteroatoms. The van der Waals surface area contributed by atoms with Gasteiger partial charge in [0.2, 0.25) is 5.91 Å². The first-order chi connectivity index (χ1) is 13.3. The molecule has 7 nitrogen and oxygen atoms in total. The fourth-order valence-corrected chi connectivity index (χ4v) is 3.28. The van der Waals surface area contributed by atoms with Gasteiger partial charge in [-0.3, -0.25) is 25.3 Å². The maximum Gasteiger partial charge on any atom is 0.419 e. The van der Waals surface area contributed by atoms with Crippen molar-refractivity contribution in [3.63, 3.8) is 0 Å². The molecule has 3 rings (SSSR count). The minimum atomic E-state index is -4.48. The van der Waals surface area contributed by atoms with Crippen LogP contribution in [0.5, 0.6) is 0 Å². The Morgan fingerprint density at radius 2 is 1.96 bits per heavy atom. The molecular formula is C17H18ClF3N5O2+. The van der Waals surface area contributed by atoms with Crippen LogP contribution in [-0.4, -0.2) is 29.9 Å². The number of hydrazine groups is 1. The molecule has 0 bridgehead atoms. The summed E-state index contributed by atoms with van der Waals surface area (Å²) in [6, 6.07) is 4.11. The Kier molecular flexibility index (Phi) is 5.78. The summed E-state index contributed by atoms with van der Waals surface area (Å²) in [5, 5.41) is -0.0315. The predicted octanol–water partition coefficient (Wildman–Crippen LogP) is 2.18. The zero-order valence-electron chi connectivity index (χ0n) is 14.6. The number of aromatic amines is 2. The highest BCUT2D eigenvalue weighted by Crippen LogP contribution is 2.33. The first kappa shape index (κ1) is 20.0. The number of carbonyl (C=O) groups is 2. The number of nitrogens with one attached hydrogen (secondary N) is 4. The molecule has 1 aliphatic heterocycles. The molecule has 0 radical (unpaired) electrons. The minimum absolute atomic E-state index is 0.0315. The Morgan fingerprint density at radius 3 is 2.54 bits per heavy atom. The van der Waals surface area contributed by atoms with Gasteiger partial charge in [0.05, 0.1) is 18.7 Å². The average molecular weight is 417 g/mol. The van der Waals surface area contributed by atoms with E-state index in [1.165, 1.54) is 0 Å². The first-order valence-corrected chi connectivity index (χ1v) is 8.90. The van der Waals surface area contributed by atoms with Crippen LogP contribution in [0.3, 0.4) is 0 Å². The summed E-state index contributed by atoms with van der Waals surface area (Å²) in [5.74, 6) is -0.717. The monoisotopic (exact) mass is 416 g/mol. The van der Waals surface area contributed by atoms with Gasteiger partial charge < -0.3 is 4.98 Å². The molecule has 3 heterocycles. The molecule has 0 unspecified atom stereocenters. The van der Waals surface area contributed by atoms with Crippen LogP contribution in [0.15, 0.2) is 30.6 Å². The Hall–Kier alpha value is -2.75. The zero-order chi connectivity index (χ0) is 20.3. The van der Waals surface area contributed by atoms with Crippen LogP contribution >= 0.6 is 11.6 Å². The second kappa shape index (κ2) is 8.09. The fourth-order valence-electron chi connectivity index (χ4n) is 2.99. The number of alkyl halides is 3. The van der Waals surface area contributed by atoms with Gasteiger partial charge >= 0.3 is 6.18 Å². The molecule has 0 spiro atoms. The van der Waals surface area contributed by atoms with Gasteiger partial charge in [0.1, 0.15) is 16.9 Å². The molecule has 2 amide bonds. The summed E-state index contributed by atoms with van der Waals surface area (Å²) < 4.78 is 38.2. The topological polar surface area (TPSA) is 91.4 Å². The number of hydrogen-bond acceptors (Lipinski definition) is 3. The Balaban J connectivity index is 1.53. The summed E-state index contributed by atoms with van der Waals surface area (Å²) >= 11 is 6.00. The molecule has 0 aliphatic carbocycles. The van der Waals surface area contributed by atoms with E-state index in [1.807, 2.05) is 0 Å². The van der Waals surface area contributed by atoms with Crippen LogP contribution in [0.2, 0.25) is 5.02 Å². The van der Waals surface area contributed by atoms with Crippen molar-refractivity contribution in [3.05, 3.63) is 46.9 Å². The first-order valence-electron chi connectivity index (χ1n) is 8.52. The lowest BCUT2D eigenvalue weighted by molar-refractivity contribution is -0.367. The molecule has 4 N–H and O–H groups in total. The van der Waals surface area contributed by atoms with Gasteiger partial charge in [0.15, 0.2) is 0 Å². The van der Waals surface area contributed by atoms with Gasteiger partial charge in [-0.1, -0.05) is 11.6 Å². The molecular weight excluding hydrogens is 399 g/mol. The standard InChI is InChI=1S/C17H17ClF3N5O2/c18-12-8-11(17(19,20)21)9-23-14(12)26-6-3-10(4-7-26)15(27)24-25-16(28)13-2-1-5-22-13/h1-2,5,8-10,22H,3-4,6-7H2,(H,24,27)(H,25,28)/p+1. The summed E-state index contributed by atoms with van der Waals surface area (Å²) in [5.41, 5.74) is 4.20. The third kappa shape index (κ3) is 4.56. The van der Waals surface area contributed by atoms with Crippen molar-refractivity contribution in [2.45, 2.75) is 19.0 Å². The maximum absolute atomic E-state index is 12.7. The van der Waals surface area contributed by atoms with Crippen molar-refractivity contribution in [2.75, 3.05) is 18.0 Å². The third-order valence-corrected chi connectivity index (χ3v) is 4.81. The van der Waals surface area contributed by atoms with E-state index in [0.29, 0.717) is 37.4 Å². The summed E-state index contributed by atoms with van der Waals surface area (Å²) in [6.07, 6.45) is -1.08. The molecule has 150 valence electrons.